The first-order valence-electron chi connectivity index (χ1n) is 6.40. The molecule has 1 aliphatic heterocycles. The molecule has 2 atom stereocenters. The number of carbonyl (C=O) groups is 1. The van der Waals surface area contributed by atoms with Crippen molar-refractivity contribution in [2.75, 3.05) is 6.54 Å². The quantitative estimate of drug-likeness (QED) is 0.488. The van der Waals surface area contributed by atoms with Crippen LogP contribution in [-0.2, 0) is 4.79 Å². The molecule has 0 radical (unpaired) electrons. The molecule has 6 heteroatoms. The summed E-state index contributed by atoms with van der Waals surface area (Å²) < 4.78 is 0. The predicted octanol–water partition coefficient (Wildman–Crippen LogP) is 2.07. The van der Waals surface area contributed by atoms with E-state index in [4.69, 9.17) is 0 Å². The van der Waals surface area contributed by atoms with Crippen LogP contribution in [0, 0.1) is 10.1 Å². The average molecular weight is 276 g/mol. The number of non-ortho nitro benzene ring substituents is 1. The first kappa shape index (κ1) is 14.2. The minimum atomic E-state index is -1.04. The summed E-state index contributed by atoms with van der Waals surface area (Å²) in [6.07, 6.45) is 1.86. The van der Waals surface area contributed by atoms with E-state index in [-0.39, 0.29) is 23.2 Å². The highest BCUT2D eigenvalue weighted by atomic mass is 16.6. The van der Waals surface area contributed by atoms with Crippen LogP contribution in [0.25, 0.3) is 0 Å². The Balaban J connectivity index is 2.32. The molecule has 1 heterocycles. The van der Waals surface area contributed by atoms with Crippen molar-refractivity contribution in [1.29, 1.82) is 0 Å². The van der Waals surface area contributed by atoms with Crippen LogP contribution in [0.15, 0.2) is 36.4 Å². The van der Waals surface area contributed by atoms with Gasteiger partial charge in [0.05, 0.1) is 4.92 Å². The van der Waals surface area contributed by atoms with E-state index in [1.807, 2.05) is 0 Å². The highest BCUT2D eigenvalue weighted by Crippen LogP contribution is 2.32. The van der Waals surface area contributed by atoms with Gasteiger partial charge in [-0.25, -0.2) is 4.79 Å². The fourth-order valence-corrected chi connectivity index (χ4v) is 2.61. The molecule has 106 valence electrons. The summed E-state index contributed by atoms with van der Waals surface area (Å²) in [6, 6.07) is 6.02. The SMILES string of the molecule is C=C(C(=O)O)[C@H](c1ccc([N+](=O)[O-])cc1)C1CCCN1. The smallest absolute Gasteiger partial charge is 0.331 e. The van der Waals surface area contributed by atoms with Crippen molar-refractivity contribution in [3.8, 4) is 0 Å². The van der Waals surface area contributed by atoms with Crippen LogP contribution in [-0.4, -0.2) is 28.6 Å². The Hall–Kier alpha value is -2.21. The number of nitro groups is 1. The van der Waals surface area contributed by atoms with Gasteiger partial charge in [-0.15, -0.1) is 0 Å². The van der Waals surface area contributed by atoms with Crippen LogP contribution in [0.5, 0.6) is 0 Å². The van der Waals surface area contributed by atoms with Crippen molar-refractivity contribution >= 4 is 11.7 Å². The molecular weight excluding hydrogens is 260 g/mol. The molecule has 0 spiro atoms. The predicted molar refractivity (Wildman–Crippen MR) is 73.6 cm³/mol. The molecule has 0 aromatic heterocycles. The lowest BCUT2D eigenvalue weighted by atomic mass is 9.84. The summed E-state index contributed by atoms with van der Waals surface area (Å²) >= 11 is 0. The van der Waals surface area contributed by atoms with Crippen molar-refractivity contribution in [1.82, 2.24) is 5.32 Å². The normalized spacial score (nSPS) is 19.5. The zero-order chi connectivity index (χ0) is 14.7. The topological polar surface area (TPSA) is 92.5 Å². The number of hydrogen-bond acceptors (Lipinski definition) is 4. The summed E-state index contributed by atoms with van der Waals surface area (Å²) in [7, 11) is 0. The molecule has 1 unspecified atom stereocenters. The van der Waals surface area contributed by atoms with Crippen LogP contribution < -0.4 is 5.32 Å². The lowest BCUT2D eigenvalue weighted by Crippen LogP contribution is -2.31. The standard InChI is InChI=1S/C14H16N2O4/c1-9(14(17)18)13(12-3-2-8-15-12)10-4-6-11(7-5-10)16(19)20/h4-7,12-13,15H,1-3,8H2,(H,17,18)/t12?,13-/m1/s1. The number of rotatable bonds is 5. The Kier molecular flexibility index (Phi) is 4.14. The maximum atomic E-state index is 11.2. The zero-order valence-corrected chi connectivity index (χ0v) is 10.9. The van der Waals surface area contributed by atoms with Gasteiger partial charge < -0.3 is 10.4 Å². The van der Waals surface area contributed by atoms with Crippen LogP contribution >= 0.6 is 0 Å². The first-order valence-corrected chi connectivity index (χ1v) is 6.40. The van der Waals surface area contributed by atoms with Gasteiger partial charge in [0.25, 0.3) is 5.69 Å². The van der Waals surface area contributed by atoms with E-state index in [1.165, 1.54) is 12.1 Å². The first-order chi connectivity index (χ1) is 9.50. The monoisotopic (exact) mass is 276 g/mol. The van der Waals surface area contributed by atoms with Gasteiger partial charge in [0.2, 0.25) is 0 Å². The Morgan fingerprint density at radius 2 is 2.10 bits per heavy atom. The van der Waals surface area contributed by atoms with E-state index in [9.17, 15) is 20.0 Å². The molecule has 0 saturated carbocycles. The number of nitro benzene ring substituents is 1. The molecule has 0 amide bonds. The number of benzene rings is 1. The van der Waals surface area contributed by atoms with Crippen LogP contribution in [0.2, 0.25) is 0 Å². The second-order valence-electron chi connectivity index (χ2n) is 4.86. The third-order valence-corrected chi connectivity index (χ3v) is 3.61. The number of carboxylic acids is 1. The second-order valence-corrected chi connectivity index (χ2v) is 4.86. The lowest BCUT2D eigenvalue weighted by Gasteiger charge is -2.24. The van der Waals surface area contributed by atoms with Crippen molar-refractivity contribution in [2.24, 2.45) is 0 Å². The number of hydrogen-bond donors (Lipinski definition) is 2. The van der Waals surface area contributed by atoms with Crippen molar-refractivity contribution in [3.63, 3.8) is 0 Å². The largest absolute Gasteiger partial charge is 0.478 e. The Bertz CT molecular complexity index is 533. The van der Waals surface area contributed by atoms with Gasteiger partial charge in [-0.2, -0.15) is 0 Å². The number of nitrogens with one attached hydrogen (secondary N) is 1. The average Bonchev–Trinajstić information content (AvgIpc) is 2.93. The molecule has 1 saturated heterocycles. The summed E-state index contributed by atoms with van der Waals surface area (Å²) in [5.74, 6) is -1.40. The van der Waals surface area contributed by atoms with Gasteiger partial charge in [-0.05, 0) is 24.9 Å². The second kappa shape index (κ2) is 5.83. The highest BCUT2D eigenvalue weighted by Gasteiger charge is 2.31. The molecule has 2 N–H and O–H groups in total. The molecule has 0 bridgehead atoms. The van der Waals surface area contributed by atoms with Crippen LogP contribution in [0.3, 0.4) is 0 Å². The molecule has 1 fully saturated rings. The minimum absolute atomic E-state index is 0.00665. The Labute approximate surface area is 116 Å². The minimum Gasteiger partial charge on any atom is -0.478 e. The number of aliphatic carboxylic acids is 1. The van der Waals surface area contributed by atoms with Gasteiger partial charge in [0, 0.05) is 29.7 Å². The fourth-order valence-electron chi connectivity index (χ4n) is 2.61. The third kappa shape index (κ3) is 2.85. The van der Waals surface area contributed by atoms with Gasteiger partial charge in [-0.3, -0.25) is 10.1 Å². The molecular formula is C14H16N2O4. The zero-order valence-electron chi connectivity index (χ0n) is 10.9. The molecule has 1 aromatic carbocycles. The highest BCUT2D eigenvalue weighted by molar-refractivity contribution is 5.88. The van der Waals surface area contributed by atoms with Crippen LogP contribution in [0.4, 0.5) is 5.69 Å². The van der Waals surface area contributed by atoms with Crippen molar-refractivity contribution in [3.05, 3.63) is 52.1 Å². The summed E-state index contributed by atoms with van der Waals surface area (Å²) in [6.45, 7) is 4.51. The number of nitrogens with zero attached hydrogens (tertiary/aromatic N) is 1. The molecule has 2 rings (SSSR count). The summed E-state index contributed by atoms with van der Waals surface area (Å²) in [4.78, 5) is 21.4. The molecule has 1 aromatic rings. The van der Waals surface area contributed by atoms with Gasteiger partial charge >= 0.3 is 5.97 Å². The maximum Gasteiger partial charge on any atom is 0.331 e. The van der Waals surface area contributed by atoms with Crippen molar-refractivity contribution < 1.29 is 14.8 Å². The van der Waals surface area contributed by atoms with E-state index < -0.39 is 10.9 Å². The Morgan fingerprint density at radius 1 is 1.45 bits per heavy atom. The maximum absolute atomic E-state index is 11.2. The van der Waals surface area contributed by atoms with Gasteiger partial charge in [0.1, 0.15) is 0 Å². The molecule has 20 heavy (non-hydrogen) atoms. The third-order valence-electron chi connectivity index (χ3n) is 3.61. The van der Waals surface area contributed by atoms with Crippen molar-refractivity contribution in [2.45, 2.75) is 24.8 Å². The van der Waals surface area contributed by atoms with E-state index in [0.29, 0.717) is 0 Å². The van der Waals surface area contributed by atoms with Crippen LogP contribution in [0.1, 0.15) is 24.3 Å². The van der Waals surface area contributed by atoms with E-state index in [0.717, 1.165) is 24.9 Å². The number of carboxylic acid groups (broad SMARTS) is 1. The molecule has 1 aliphatic rings. The molecule has 0 aliphatic carbocycles. The fraction of sp³-hybridized carbons (Fsp3) is 0.357. The van der Waals surface area contributed by atoms with E-state index in [2.05, 4.69) is 11.9 Å². The van der Waals surface area contributed by atoms with Gasteiger partial charge in [0.15, 0.2) is 0 Å². The summed E-state index contributed by atoms with van der Waals surface area (Å²) in [5.41, 5.74) is 0.841. The summed E-state index contributed by atoms with van der Waals surface area (Å²) in [5, 5.41) is 23.1. The lowest BCUT2D eigenvalue weighted by molar-refractivity contribution is -0.384. The van der Waals surface area contributed by atoms with E-state index >= 15 is 0 Å². The Morgan fingerprint density at radius 3 is 2.55 bits per heavy atom. The molecule has 6 nitrogen and oxygen atoms in total. The van der Waals surface area contributed by atoms with E-state index in [1.54, 1.807) is 12.1 Å². The van der Waals surface area contributed by atoms with Gasteiger partial charge in [-0.1, -0.05) is 18.7 Å².